The van der Waals surface area contributed by atoms with Crippen LogP contribution in [0.15, 0.2) is 18.2 Å². The van der Waals surface area contributed by atoms with E-state index < -0.39 is 0 Å². The molecule has 0 atom stereocenters. The van der Waals surface area contributed by atoms with Gasteiger partial charge in [-0.25, -0.2) is 0 Å². The predicted molar refractivity (Wildman–Crippen MR) is 73.2 cm³/mol. The third-order valence-electron chi connectivity index (χ3n) is 2.96. The molecule has 1 fully saturated rings. The molecule has 0 unspecified atom stereocenters. The number of anilines is 1. The van der Waals surface area contributed by atoms with Gasteiger partial charge in [-0.15, -0.1) is 0 Å². The van der Waals surface area contributed by atoms with E-state index in [9.17, 15) is 0 Å². The summed E-state index contributed by atoms with van der Waals surface area (Å²) in [6, 6.07) is 6.19. The lowest BCUT2D eigenvalue weighted by molar-refractivity contribution is 0.755. The summed E-state index contributed by atoms with van der Waals surface area (Å²) in [7, 11) is 0. The molecule has 86 valence electrons. The first kappa shape index (κ1) is 11.7. The number of nitrogens with one attached hydrogen (secondary N) is 1. The van der Waals surface area contributed by atoms with Gasteiger partial charge < -0.3 is 11.1 Å². The van der Waals surface area contributed by atoms with E-state index in [1.54, 1.807) is 0 Å². The molecular weight excluding hydrogens is 240 g/mol. The Kier molecular flexibility index (Phi) is 3.66. The second-order valence-electron chi connectivity index (χ2n) is 4.18. The highest BCUT2D eigenvalue weighted by atomic mass is 35.5. The fraction of sp³-hybridized carbons (Fsp3) is 0.417. The van der Waals surface area contributed by atoms with E-state index in [1.807, 2.05) is 18.2 Å². The number of nitrogens with two attached hydrogens (primary N) is 1. The van der Waals surface area contributed by atoms with Gasteiger partial charge in [0.2, 0.25) is 0 Å². The summed E-state index contributed by atoms with van der Waals surface area (Å²) in [5, 5.41) is 4.16. The molecular formula is C12H15ClN2S. The molecule has 0 saturated heterocycles. The maximum Gasteiger partial charge on any atom is 0.106 e. The Balaban J connectivity index is 2.21. The van der Waals surface area contributed by atoms with Crippen LogP contribution in [0.1, 0.15) is 31.2 Å². The van der Waals surface area contributed by atoms with Crippen molar-refractivity contribution in [2.45, 2.75) is 31.7 Å². The molecule has 1 aromatic rings. The molecule has 0 heterocycles. The molecule has 3 N–H and O–H groups in total. The highest BCUT2D eigenvalue weighted by molar-refractivity contribution is 7.80. The molecule has 16 heavy (non-hydrogen) atoms. The first-order valence-corrected chi connectivity index (χ1v) is 6.31. The monoisotopic (exact) mass is 254 g/mol. The van der Waals surface area contributed by atoms with Crippen LogP contribution in [-0.2, 0) is 0 Å². The molecule has 0 aliphatic heterocycles. The highest BCUT2D eigenvalue weighted by Gasteiger charge is 2.16. The maximum atomic E-state index is 5.93. The predicted octanol–water partition coefficient (Wildman–Crippen LogP) is 3.33. The fourth-order valence-electron chi connectivity index (χ4n) is 2.14. The number of hydrogen-bond acceptors (Lipinski definition) is 2. The molecule has 0 bridgehead atoms. The van der Waals surface area contributed by atoms with Crippen molar-refractivity contribution in [1.82, 2.24) is 0 Å². The van der Waals surface area contributed by atoms with E-state index >= 15 is 0 Å². The Labute approximate surface area is 106 Å². The van der Waals surface area contributed by atoms with Crippen molar-refractivity contribution in [3.05, 3.63) is 28.8 Å². The van der Waals surface area contributed by atoms with Gasteiger partial charge in [-0.3, -0.25) is 0 Å². The van der Waals surface area contributed by atoms with E-state index in [1.165, 1.54) is 25.7 Å². The Hall–Kier alpha value is -0.800. The first-order chi connectivity index (χ1) is 7.66. The largest absolute Gasteiger partial charge is 0.389 e. The van der Waals surface area contributed by atoms with Crippen molar-refractivity contribution < 1.29 is 0 Å². The third-order valence-corrected chi connectivity index (χ3v) is 3.42. The SMILES string of the molecule is NC(=S)c1cc(Cl)ccc1NC1CCCC1. The maximum absolute atomic E-state index is 5.93. The van der Waals surface area contributed by atoms with Crippen LogP contribution < -0.4 is 11.1 Å². The van der Waals surface area contributed by atoms with Crippen LogP contribution in [0.25, 0.3) is 0 Å². The van der Waals surface area contributed by atoms with Crippen molar-refractivity contribution in [2.75, 3.05) is 5.32 Å². The van der Waals surface area contributed by atoms with Crippen LogP contribution in [-0.4, -0.2) is 11.0 Å². The summed E-state index contributed by atoms with van der Waals surface area (Å²) < 4.78 is 0. The molecule has 0 radical (unpaired) electrons. The standard InChI is InChI=1S/C12H15ClN2S/c13-8-5-6-11(10(7-8)12(14)16)15-9-3-1-2-4-9/h5-7,9,15H,1-4H2,(H2,14,16). The average molecular weight is 255 g/mol. The topological polar surface area (TPSA) is 38.0 Å². The number of halogens is 1. The number of benzene rings is 1. The van der Waals surface area contributed by atoms with Gasteiger partial charge in [0.1, 0.15) is 4.99 Å². The Bertz CT molecular complexity index is 400. The number of rotatable bonds is 3. The van der Waals surface area contributed by atoms with Gasteiger partial charge in [0.25, 0.3) is 0 Å². The van der Waals surface area contributed by atoms with Crippen LogP contribution in [0.4, 0.5) is 5.69 Å². The zero-order valence-electron chi connectivity index (χ0n) is 9.00. The van der Waals surface area contributed by atoms with Crippen LogP contribution in [0, 0.1) is 0 Å². The molecule has 0 amide bonds. The van der Waals surface area contributed by atoms with E-state index in [0.29, 0.717) is 16.1 Å². The highest BCUT2D eigenvalue weighted by Crippen LogP contribution is 2.26. The zero-order valence-corrected chi connectivity index (χ0v) is 10.6. The van der Waals surface area contributed by atoms with Crippen molar-refractivity contribution in [1.29, 1.82) is 0 Å². The third kappa shape index (κ3) is 2.66. The normalized spacial score (nSPS) is 16.3. The van der Waals surface area contributed by atoms with Gasteiger partial charge in [0.15, 0.2) is 0 Å². The van der Waals surface area contributed by atoms with E-state index in [0.717, 1.165) is 11.3 Å². The molecule has 2 rings (SSSR count). The molecule has 0 aromatic heterocycles. The summed E-state index contributed by atoms with van der Waals surface area (Å²) in [6.45, 7) is 0. The van der Waals surface area contributed by atoms with Crippen molar-refractivity contribution in [3.8, 4) is 0 Å². The second-order valence-corrected chi connectivity index (χ2v) is 5.06. The number of hydrogen-bond donors (Lipinski definition) is 2. The molecule has 1 aliphatic rings. The smallest absolute Gasteiger partial charge is 0.106 e. The van der Waals surface area contributed by atoms with Gasteiger partial charge in [-0.1, -0.05) is 36.7 Å². The van der Waals surface area contributed by atoms with Crippen molar-refractivity contribution in [3.63, 3.8) is 0 Å². The van der Waals surface area contributed by atoms with E-state index in [4.69, 9.17) is 29.6 Å². The lowest BCUT2D eigenvalue weighted by Gasteiger charge is -2.16. The molecule has 0 spiro atoms. The van der Waals surface area contributed by atoms with Crippen LogP contribution in [0.2, 0.25) is 5.02 Å². The Morgan fingerprint density at radius 3 is 2.69 bits per heavy atom. The van der Waals surface area contributed by atoms with E-state index in [-0.39, 0.29) is 0 Å². The Morgan fingerprint density at radius 1 is 1.38 bits per heavy atom. The zero-order chi connectivity index (χ0) is 11.5. The minimum atomic E-state index is 0.392. The van der Waals surface area contributed by atoms with E-state index in [2.05, 4.69) is 5.32 Å². The second kappa shape index (κ2) is 5.02. The lowest BCUT2D eigenvalue weighted by atomic mass is 10.1. The van der Waals surface area contributed by atoms with Gasteiger partial charge in [0, 0.05) is 22.3 Å². The van der Waals surface area contributed by atoms with Crippen molar-refractivity contribution >= 4 is 34.5 Å². The quantitative estimate of drug-likeness (QED) is 0.813. The van der Waals surface area contributed by atoms with Gasteiger partial charge in [-0.05, 0) is 31.0 Å². The van der Waals surface area contributed by atoms with Gasteiger partial charge >= 0.3 is 0 Å². The minimum absolute atomic E-state index is 0.392. The molecule has 2 nitrogen and oxygen atoms in total. The molecule has 4 heteroatoms. The van der Waals surface area contributed by atoms with Gasteiger partial charge in [0.05, 0.1) is 0 Å². The van der Waals surface area contributed by atoms with Crippen LogP contribution in [0.3, 0.4) is 0 Å². The minimum Gasteiger partial charge on any atom is -0.389 e. The summed E-state index contributed by atoms with van der Waals surface area (Å²) in [5.74, 6) is 0. The summed E-state index contributed by atoms with van der Waals surface area (Å²) in [4.78, 5) is 0.392. The van der Waals surface area contributed by atoms with Crippen molar-refractivity contribution in [2.24, 2.45) is 5.73 Å². The summed E-state index contributed by atoms with van der Waals surface area (Å²) in [5.41, 5.74) is 7.54. The lowest BCUT2D eigenvalue weighted by Crippen LogP contribution is -2.19. The summed E-state index contributed by atoms with van der Waals surface area (Å²) in [6.07, 6.45) is 5.04. The fourth-order valence-corrected chi connectivity index (χ4v) is 2.48. The molecule has 1 aromatic carbocycles. The average Bonchev–Trinajstić information content (AvgIpc) is 2.73. The first-order valence-electron chi connectivity index (χ1n) is 5.52. The number of thiocarbonyl (C=S) groups is 1. The van der Waals surface area contributed by atoms with Crippen LogP contribution in [0.5, 0.6) is 0 Å². The van der Waals surface area contributed by atoms with Gasteiger partial charge in [-0.2, -0.15) is 0 Å². The molecule has 1 aliphatic carbocycles. The molecule has 1 saturated carbocycles. The van der Waals surface area contributed by atoms with Crippen LogP contribution >= 0.6 is 23.8 Å². The summed E-state index contributed by atoms with van der Waals surface area (Å²) >= 11 is 11.0. The Morgan fingerprint density at radius 2 is 2.06 bits per heavy atom.